The number of imidazole rings is 1. The molecule has 1 aromatic heterocycles. The van der Waals surface area contributed by atoms with Gasteiger partial charge in [0.05, 0.1) is 6.61 Å². The first-order valence-electron chi connectivity index (χ1n) is 5.06. The van der Waals surface area contributed by atoms with E-state index in [4.69, 9.17) is 4.74 Å². The van der Waals surface area contributed by atoms with Crippen LogP contribution >= 0.6 is 0 Å². The van der Waals surface area contributed by atoms with Crippen molar-refractivity contribution in [1.29, 1.82) is 0 Å². The molecule has 0 bridgehead atoms. The highest BCUT2D eigenvalue weighted by molar-refractivity contribution is 5.52. The van der Waals surface area contributed by atoms with E-state index in [2.05, 4.69) is 10.3 Å². The van der Waals surface area contributed by atoms with E-state index < -0.39 is 4.92 Å². The lowest BCUT2D eigenvalue weighted by atomic mass is 10.3. The Hall–Kier alpha value is -1.63. The second kappa shape index (κ2) is 5.45. The molecule has 7 nitrogen and oxygen atoms in total. The summed E-state index contributed by atoms with van der Waals surface area (Å²) in [5, 5.41) is 13.7. The van der Waals surface area contributed by atoms with Gasteiger partial charge in [0.15, 0.2) is 0 Å². The van der Waals surface area contributed by atoms with E-state index in [1.54, 1.807) is 11.6 Å². The molecule has 1 N–H and O–H groups in total. The number of rotatable bonds is 6. The fourth-order valence-electron chi connectivity index (χ4n) is 1.29. The Morgan fingerprint density at radius 1 is 1.75 bits per heavy atom. The summed E-state index contributed by atoms with van der Waals surface area (Å²) in [7, 11) is 1.70. The van der Waals surface area contributed by atoms with Gasteiger partial charge in [-0.15, -0.1) is 0 Å². The van der Waals surface area contributed by atoms with E-state index in [0.29, 0.717) is 19.0 Å². The molecule has 0 aromatic carbocycles. The number of aromatic nitrogens is 2. The Balaban J connectivity index is 2.71. The maximum atomic E-state index is 10.7. The lowest BCUT2D eigenvalue weighted by Crippen LogP contribution is -2.23. The van der Waals surface area contributed by atoms with Gasteiger partial charge in [0, 0.05) is 19.7 Å². The number of nitrogens with one attached hydrogen (secondary N) is 1. The first-order valence-corrected chi connectivity index (χ1v) is 5.06. The standard InChI is InChI=1S/C9H16N4O3/c1-4-16-5-7(2)11-9-8(13(14)15)10-6-12(9)3/h6-7,11H,4-5H2,1-3H3. The van der Waals surface area contributed by atoms with E-state index in [0.717, 1.165) is 0 Å². The van der Waals surface area contributed by atoms with Crippen LogP contribution in [0.2, 0.25) is 0 Å². The number of ether oxygens (including phenoxy) is 1. The molecule has 0 aliphatic carbocycles. The second-order valence-corrected chi connectivity index (χ2v) is 3.49. The van der Waals surface area contributed by atoms with Gasteiger partial charge in [-0.3, -0.25) is 4.57 Å². The van der Waals surface area contributed by atoms with E-state index in [9.17, 15) is 10.1 Å². The maximum absolute atomic E-state index is 10.7. The number of nitro groups is 1. The van der Waals surface area contributed by atoms with Gasteiger partial charge in [0.1, 0.15) is 0 Å². The van der Waals surface area contributed by atoms with Crippen LogP contribution in [-0.2, 0) is 11.8 Å². The Morgan fingerprint density at radius 3 is 3.00 bits per heavy atom. The van der Waals surface area contributed by atoms with Gasteiger partial charge in [-0.2, -0.15) is 0 Å². The fourth-order valence-corrected chi connectivity index (χ4v) is 1.29. The molecule has 0 saturated heterocycles. The molecule has 0 radical (unpaired) electrons. The van der Waals surface area contributed by atoms with Gasteiger partial charge in [-0.1, -0.05) is 0 Å². The summed E-state index contributed by atoms with van der Waals surface area (Å²) in [4.78, 5) is 13.9. The SMILES string of the molecule is CCOCC(C)Nc1c([N+](=O)[O-])ncn1C. The molecule has 1 unspecified atom stereocenters. The lowest BCUT2D eigenvalue weighted by Gasteiger charge is -2.14. The minimum Gasteiger partial charge on any atom is -0.380 e. The predicted octanol–water partition coefficient (Wildman–Crippen LogP) is 1.17. The van der Waals surface area contributed by atoms with E-state index >= 15 is 0 Å². The quantitative estimate of drug-likeness (QED) is 0.583. The molecule has 0 aliphatic heterocycles. The molecule has 0 aliphatic rings. The van der Waals surface area contributed by atoms with Crippen molar-refractivity contribution in [3.8, 4) is 0 Å². The fraction of sp³-hybridized carbons (Fsp3) is 0.667. The summed E-state index contributed by atoms with van der Waals surface area (Å²) < 4.78 is 6.81. The zero-order valence-corrected chi connectivity index (χ0v) is 9.64. The Bertz CT molecular complexity index is 364. The summed E-state index contributed by atoms with van der Waals surface area (Å²) in [6, 6.07) is -0.00551. The van der Waals surface area contributed by atoms with Gasteiger partial charge in [-0.25, -0.2) is 0 Å². The van der Waals surface area contributed by atoms with Crippen LogP contribution in [0.25, 0.3) is 0 Å². The average Bonchev–Trinajstić information content (AvgIpc) is 2.58. The molecule has 0 amide bonds. The van der Waals surface area contributed by atoms with Gasteiger partial charge in [0.2, 0.25) is 12.1 Å². The Morgan fingerprint density at radius 2 is 2.44 bits per heavy atom. The molecule has 1 heterocycles. The molecular weight excluding hydrogens is 212 g/mol. The van der Waals surface area contributed by atoms with Crippen molar-refractivity contribution in [1.82, 2.24) is 9.55 Å². The summed E-state index contributed by atoms with van der Waals surface area (Å²) in [5.41, 5.74) is 0. The smallest absolute Gasteiger partial charge is 0.380 e. The maximum Gasteiger partial charge on any atom is 0.406 e. The number of nitrogens with zero attached hydrogens (tertiary/aromatic N) is 3. The molecule has 7 heteroatoms. The molecule has 90 valence electrons. The number of anilines is 1. The van der Waals surface area contributed by atoms with E-state index in [-0.39, 0.29) is 11.9 Å². The number of hydrogen-bond donors (Lipinski definition) is 1. The van der Waals surface area contributed by atoms with E-state index in [1.165, 1.54) is 6.33 Å². The van der Waals surface area contributed by atoms with Crippen molar-refractivity contribution in [3.63, 3.8) is 0 Å². The minimum atomic E-state index is -0.504. The topological polar surface area (TPSA) is 82.2 Å². The van der Waals surface area contributed by atoms with Gasteiger partial charge in [-0.05, 0) is 23.8 Å². The third-order valence-corrected chi connectivity index (χ3v) is 2.05. The molecule has 16 heavy (non-hydrogen) atoms. The highest BCUT2D eigenvalue weighted by Crippen LogP contribution is 2.21. The third-order valence-electron chi connectivity index (χ3n) is 2.05. The molecule has 1 atom stereocenters. The molecule has 0 spiro atoms. The van der Waals surface area contributed by atoms with Crippen molar-refractivity contribution in [2.75, 3.05) is 18.5 Å². The summed E-state index contributed by atoms with van der Waals surface area (Å²) in [5.74, 6) is 0.239. The number of hydrogen-bond acceptors (Lipinski definition) is 5. The van der Waals surface area contributed by atoms with Crippen LogP contribution in [0.4, 0.5) is 11.6 Å². The van der Waals surface area contributed by atoms with Crippen LogP contribution in [0.3, 0.4) is 0 Å². The van der Waals surface area contributed by atoms with Crippen molar-refractivity contribution in [3.05, 3.63) is 16.4 Å². The highest BCUT2D eigenvalue weighted by Gasteiger charge is 2.21. The first kappa shape index (κ1) is 12.4. The van der Waals surface area contributed by atoms with Crippen LogP contribution in [0, 0.1) is 10.1 Å². The van der Waals surface area contributed by atoms with Gasteiger partial charge >= 0.3 is 5.82 Å². The Kier molecular flexibility index (Phi) is 4.24. The largest absolute Gasteiger partial charge is 0.406 e. The van der Waals surface area contributed by atoms with Crippen LogP contribution in [0.15, 0.2) is 6.33 Å². The minimum absolute atomic E-state index is 0.00551. The van der Waals surface area contributed by atoms with Crippen LogP contribution in [0.1, 0.15) is 13.8 Å². The van der Waals surface area contributed by atoms with Crippen molar-refractivity contribution >= 4 is 11.6 Å². The monoisotopic (exact) mass is 228 g/mol. The zero-order valence-electron chi connectivity index (χ0n) is 9.64. The highest BCUT2D eigenvalue weighted by atomic mass is 16.6. The summed E-state index contributed by atoms with van der Waals surface area (Å²) in [6.45, 7) is 4.92. The summed E-state index contributed by atoms with van der Waals surface area (Å²) >= 11 is 0. The van der Waals surface area contributed by atoms with E-state index in [1.807, 2.05) is 13.8 Å². The van der Waals surface area contributed by atoms with Crippen LogP contribution in [0.5, 0.6) is 0 Å². The van der Waals surface area contributed by atoms with Crippen molar-refractivity contribution in [2.24, 2.45) is 7.05 Å². The molecule has 0 fully saturated rings. The zero-order chi connectivity index (χ0) is 12.1. The van der Waals surface area contributed by atoms with Gasteiger partial charge in [0.25, 0.3) is 0 Å². The average molecular weight is 228 g/mol. The third kappa shape index (κ3) is 2.93. The number of aryl methyl sites for hydroxylation is 1. The van der Waals surface area contributed by atoms with Gasteiger partial charge < -0.3 is 20.2 Å². The molecule has 1 aromatic rings. The molecule has 1 rings (SSSR count). The van der Waals surface area contributed by atoms with Crippen molar-refractivity contribution < 1.29 is 9.66 Å². The van der Waals surface area contributed by atoms with Crippen LogP contribution < -0.4 is 5.32 Å². The molecule has 0 saturated carbocycles. The lowest BCUT2D eigenvalue weighted by molar-refractivity contribution is -0.388. The van der Waals surface area contributed by atoms with Crippen molar-refractivity contribution in [2.45, 2.75) is 19.9 Å². The normalized spacial score (nSPS) is 12.4. The second-order valence-electron chi connectivity index (χ2n) is 3.49. The van der Waals surface area contributed by atoms with Crippen LogP contribution in [-0.4, -0.2) is 33.7 Å². The predicted molar refractivity (Wildman–Crippen MR) is 59.4 cm³/mol. The summed E-state index contributed by atoms with van der Waals surface area (Å²) in [6.07, 6.45) is 1.41. The Labute approximate surface area is 93.6 Å². The first-order chi connectivity index (χ1) is 7.56. The molecular formula is C9H16N4O3.